The van der Waals surface area contributed by atoms with E-state index in [-0.39, 0.29) is 0 Å². The number of aryl methyl sites for hydroxylation is 3. The van der Waals surface area contributed by atoms with Gasteiger partial charge in [0, 0.05) is 6.42 Å². The van der Waals surface area contributed by atoms with E-state index in [9.17, 15) is 4.79 Å². The van der Waals surface area contributed by atoms with E-state index in [2.05, 4.69) is 6.07 Å². The van der Waals surface area contributed by atoms with Crippen molar-refractivity contribution in [3.8, 4) is 11.5 Å². The molecule has 0 radical (unpaired) electrons. The second kappa shape index (κ2) is 7.68. The molecule has 0 heterocycles. The minimum Gasteiger partial charge on any atom is -0.493 e. The lowest BCUT2D eigenvalue weighted by atomic mass is 10.1. The lowest BCUT2D eigenvalue weighted by molar-refractivity contribution is 0.0996. The van der Waals surface area contributed by atoms with Gasteiger partial charge in [0.05, 0.1) is 18.8 Å². The van der Waals surface area contributed by atoms with Crippen LogP contribution in [0.5, 0.6) is 11.5 Å². The smallest absolute Gasteiger partial charge is 0.252 e. The molecular weight excluding hydrogens is 290 g/mol. The van der Waals surface area contributed by atoms with Gasteiger partial charge < -0.3 is 15.2 Å². The molecule has 0 spiro atoms. The summed E-state index contributed by atoms with van der Waals surface area (Å²) in [6.07, 6.45) is 0.722. The normalized spacial score (nSPS) is 10.4. The first kappa shape index (κ1) is 16.9. The SMILES string of the molecule is Cc1ccc(C)c(OCCCOc2cc(C)ccc2C(N)=O)c1. The molecule has 0 aromatic heterocycles. The predicted octanol–water partition coefficient (Wildman–Crippen LogP) is 3.56. The van der Waals surface area contributed by atoms with Gasteiger partial charge in [-0.1, -0.05) is 18.2 Å². The van der Waals surface area contributed by atoms with Gasteiger partial charge in [-0.05, 0) is 55.7 Å². The zero-order valence-corrected chi connectivity index (χ0v) is 13.9. The molecule has 0 aliphatic rings. The number of hydrogen-bond acceptors (Lipinski definition) is 3. The fourth-order valence-corrected chi connectivity index (χ4v) is 2.24. The first-order valence-electron chi connectivity index (χ1n) is 7.70. The average Bonchev–Trinajstić information content (AvgIpc) is 2.50. The van der Waals surface area contributed by atoms with Crippen LogP contribution in [0.2, 0.25) is 0 Å². The van der Waals surface area contributed by atoms with Crippen LogP contribution in [0.15, 0.2) is 36.4 Å². The largest absolute Gasteiger partial charge is 0.493 e. The van der Waals surface area contributed by atoms with Gasteiger partial charge in [-0.25, -0.2) is 0 Å². The first-order chi connectivity index (χ1) is 11.0. The molecule has 1 amide bonds. The van der Waals surface area contributed by atoms with Gasteiger partial charge in [0.1, 0.15) is 11.5 Å². The molecule has 2 aromatic rings. The molecule has 23 heavy (non-hydrogen) atoms. The highest BCUT2D eigenvalue weighted by Gasteiger charge is 2.09. The highest BCUT2D eigenvalue weighted by atomic mass is 16.5. The maximum atomic E-state index is 11.4. The average molecular weight is 313 g/mol. The van der Waals surface area contributed by atoms with E-state index >= 15 is 0 Å². The van der Waals surface area contributed by atoms with Crippen molar-refractivity contribution in [2.45, 2.75) is 27.2 Å². The van der Waals surface area contributed by atoms with Gasteiger partial charge in [0.2, 0.25) is 0 Å². The van der Waals surface area contributed by atoms with Crippen LogP contribution in [-0.4, -0.2) is 19.1 Å². The molecule has 0 unspecified atom stereocenters. The Morgan fingerprint density at radius 1 is 0.913 bits per heavy atom. The molecular formula is C19H23NO3. The maximum Gasteiger partial charge on any atom is 0.252 e. The third kappa shape index (κ3) is 4.74. The Labute approximate surface area is 137 Å². The number of rotatable bonds is 7. The van der Waals surface area contributed by atoms with Gasteiger partial charge in [0.25, 0.3) is 5.91 Å². The number of ether oxygens (including phenoxy) is 2. The molecule has 2 N–H and O–H groups in total. The van der Waals surface area contributed by atoms with Crippen LogP contribution in [0.25, 0.3) is 0 Å². The Morgan fingerprint density at radius 2 is 1.48 bits per heavy atom. The summed E-state index contributed by atoms with van der Waals surface area (Å²) in [6.45, 7) is 7.04. The van der Waals surface area contributed by atoms with Crippen molar-refractivity contribution in [2.24, 2.45) is 5.73 Å². The standard InChI is InChI=1S/C19H23NO3/c1-13-5-7-15(3)17(11-13)22-9-4-10-23-18-12-14(2)6-8-16(18)19(20)21/h5-8,11-12H,4,9-10H2,1-3H3,(H2,20,21). The summed E-state index contributed by atoms with van der Waals surface area (Å²) >= 11 is 0. The Morgan fingerprint density at radius 3 is 2.13 bits per heavy atom. The molecule has 122 valence electrons. The minimum atomic E-state index is -0.480. The van der Waals surface area contributed by atoms with E-state index in [1.165, 1.54) is 5.56 Å². The molecule has 0 saturated carbocycles. The number of primary amides is 1. The number of hydrogen-bond donors (Lipinski definition) is 1. The van der Waals surface area contributed by atoms with Crippen molar-refractivity contribution in [1.82, 2.24) is 0 Å². The third-order valence-corrected chi connectivity index (χ3v) is 3.55. The van der Waals surface area contributed by atoms with E-state index in [4.69, 9.17) is 15.2 Å². The van der Waals surface area contributed by atoms with Gasteiger partial charge in [-0.3, -0.25) is 4.79 Å². The van der Waals surface area contributed by atoms with Crippen LogP contribution in [0.3, 0.4) is 0 Å². The second-order valence-electron chi connectivity index (χ2n) is 5.68. The number of amides is 1. The van der Waals surface area contributed by atoms with Crippen LogP contribution < -0.4 is 15.2 Å². The Bertz CT molecular complexity index is 695. The minimum absolute atomic E-state index is 0.408. The highest BCUT2D eigenvalue weighted by molar-refractivity contribution is 5.95. The van der Waals surface area contributed by atoms with Crippen molar-refractivity contribution in [2.75, 3.05) is 13.2 Å². The molecule has 0 atom stereocenters. The Balaban J connectivity index is 1.85. The van der Waals surface area contributed by atoms with E-state index in [0.717, 1.165) is 23.3 Å². The summed E-state index contributed by atoms with van der Waals surface area (Å²) in [7, 11) is 0. The van der Waals surface area contributed by atoms with E-state index in [1.807, 2.05) is 45.0 Å². The summed E-state index contributed by atoms with van der Waals surface area (Å²) < 4.78 is 11.5. The Hall–Kier alpha value is -2.49. The fraction of sp³-hybridized carbons (Fsp3) is 0.316. The van der Waals surface area contributed by atoms with E-state index in [1.54, 1.807) is 6.07 Å². The van der Waals surface area contributed by atoms with Crippen molar-refractivity contribution in [3.63, 3.8) is 0 Å². The predicted molar refractivity (Wildman–Crippen MR) is 91.2 cm³/mol. The highest BCUT2D eigenvalue weighted by Crippen LogP contribution is 2.21. The molecule has 2 aromatic carbocycles. The first-order valence-corrected chi connectivity index (χ1v) is 7.70. The van der Waals surface area contributed by atoms with E-state index in [0.29, 0.717) is 24.5 Å². The van der Waals surface area contributed by atoms with Crippen LogP contribution in [0.1, 0.15) is 33.5 Å². The fourth-order valence-electron chi connectivity index (χ4n) is 2.24. The zero-order valence-electron chi connectivity index (χ0n) is 13.9. The van der Waals surface area contributed by atoms with Crippen molar-refractivity contribution in [3.05, 3.63) is 58.7 Å². The van der Waals surface area contributed by atoms with Crippen LogP contribution >= 0.6 is 0 Å². The van der Waals surface area contributed by atoms with Gasteiger partial charge in [-0.15, -0.1) is 0 Å². The monoisotopic (exact) mass is 313 g/mol. The van der Waals surface area contributed by atoms with Gasteiger partial charge >= 0.3 is 0 Å². The maximum absolute atomic E-state index is 11.4. The van der Waals surface area contributed by atoms with Gasteiger partial charge in [0.15, 0.2) is 0 Å². The summed E-state index contributed by atoms with van der Waals surface area (Å²) in [5, 5.41) is 0. The van der Waals surface area contributed by atoms with Crippen molar-refractivity contribution in [1.29, 1.82) is 0 Å². The summed E-state index contributed by atoms with van der Waals surface area (Å²) in [6, 6.07) is 11.5. The van der Waals surface area contributed by atoms with Crippen molar-refractivity contribution < 1.29 is 14.3 Å². The topological polar surface area (TPSA) is 61.6 Å². The lowest BCUT2D eigenvalue weighted by Gasteiger charge is -2.12. The summed E-state index contributed by atoms with van der Waals surface area (Å²) in [5.41, 5.74) is 9.08. The second-order valence-corrected chi connectivity index (χ2v) is 5.68. The van der Waals surface area contributed by atoms with Gasteiger partial charge in [-0.2, -0.15) is 0 Å². The third-order valence-electron chi connectivity index (χ3n) is 3.55. The van der Waals surface area contributed by atoms with Crippen LogP contribution in [-0.2, 0) is 0 Å². The molecule has 2 rings (SSSR count). The molecule has 4 nitrogen and oxygen atoms in total. The van der Waals surface area contributed by atoms with Crippen LogP contribution in [0, 0.1) is 20.8 Å². The Kier molecular flexibility index (Phi) is 5.63. The number of carbonyl (C=O) groups is 1. The molecule has 0 aliphatic heterocycles. The quantitative estimate of drug-likeness (QED) is 0.795. The number of benzene rings is 2. The molecule has 4 heteroatoms. The lowest BCUT2D eigenvalue weighted by Crippen LogP contribution is -2.14. The number of carbonyl (C=O) groups excluding carboxylic acids is 1. The zero-order chi connectivity index (χ0) is 16.8. The van der Waals surface area contributed by atoms with Crippen molar-refractivity contribution >= 4 is 5.91 Å². The van der Waals surface area contributed by atoms with E-state index < -0.39 is 5.91 Å². The molecule has 0 saturated heterocycles. The molecule has 0 fully saturated rings. The summed E-state index contributed by atoms with van der Waals surface area (Å²) in [5.74, 6) is 0.953. The summed E-state index contributed by atoms with van der Waals surface area (Å²) in [4.78, 5) is 11.4. The molecule has 0 aliphatic carbocycles. The van der Waals surface area contributed by atoms with Crippen LogP contribution in [0.4, 0.5) is 0 Å². The molecule has 0 bridgehead atoms. The number of nitrogens with two attached hydrogens (primary N) is 1.